The summed E-state index contributed by atoms with van der Waals surface area (Å²) in [5.74, 6) is 1.16. The van der Waals surface area contributed by atoms with Crippen molar-refractivity contribution in [1.82, 2.24) is 15.3 Å². The van der Waals surface area contributed by atoms with Gasteiger partial charge in [-0.15, -0.1) is 0 Å². The second-order valence-corrected chi connectivity index (χ2v) is 8.90. The molecule has 0 radical (unpaired) electrons. The number of ketones is 1. The number of rotatable bonds is 10. The number of carbonyl (C=O) groups is 2. The SMILES string of the molecule is CCCc1cc(N2CCC(NC(=O)CCC(=O)c3ccccc3)C2)nc(Nc2cccc(C#N)c2)n1. The van der Waals surface area contributed by atoms with Crippen LogP contribution in [0.25, 0.3) is 0 Å². The van der Waals surface area contributed by atoms with Crippen LogP contribution in [-0.2, 0) is 11.2 Å². The van der Waals surface area contributed by atoms with E-state index in [1.807, 2.05) is 36.4 Å². The van der Waals surface area contributed by atoms with Crippen molar-refractivity contribution in [2.75, 3.05) is 23.3 Å². The number of benzene rings is 2. The third-order valence-electron chi connectivity index (χ3n) is 6.07. The van der Waals surface area contributed by atoms with Crippen molar-refractivity contribution >= 4 is 29.1 Å². The van der Waals surface area contributed by atoms with Crippen LogP contribution in [0.5, 0.6) is 0 Å². The van der Waals surface area contributed by atoms with Gasteiger partial charge in [-0.25, -0.2) is 4.98 Å². The summed E-state index contributed by atoms with van der Waals surface area (Å²) in [5, 5.41) is 15.5. The third kappa shape index (κ3) is 6.66. The largest absolute Gasteiger partial charge is 0.354 e. The predicted octanol–water partition coefficient (Wildman–Crippen LogP) is 4.40. The van der Waals surface area contributed by atoms with Crippen molar-refractivity contribution in [1.29, 1.82) is 5.26 Å². The number of carbonyl (C=O) groups excluding carboxylic acids is 2. The molecule has 1 aromatic heterocycles. The monoisotopic (exact) mass is 482 g/mol. The van der Waals surface area contributed by atoms with Crippen LogP contribution >= 0.6 is 0 Å². The zero-order valence-electron chi connectivity index (χ0n) is 20.4. The molecule has 2 aromatic carbocycles. The Morgan fingerprint density at radius 3 is 2.69 bits per heavy atom. The van der Waals surface area contributed by atoms with E-state index in [0.717, 1.165) is 43.0 Å². The van der Waals surface area contributed by atoms with E-state index in [9.17, 15) is 9.59 Å². The number of aromatic nitrogens is 2. The van der Waals surface area contributed by atoms with Crippen LogP contribution in [-0.4, -0.2) is 40.8 Å². The summed E-state index contributed by atoms with van der Waals surface area (Å²) in [6.45, 7) is 3.51. The van der Waals surface area contributed by atoms with Crippen LogP contribution in [0.1, 0.15) is 54.2 Å². The molecule has 1 aliphatic heterocycles. The number of amides is 1. The first-order chi connectivity index (χ1) is 17.5. The lowest BCUT2D eigenvalue weighted by molar-refractivity contribution is -0.121. The average Bonchev–Trinajstić information content (AvgIpc) is 3.36. The zero-order valence-corrected chi connectivity index (χ0v) is 20.4. The average molecular weight is 483 g/mol. The highest BCUT2D eigenvalue weighted by Gasteiger charge is 2.26. The van der Waals surface area contributed by atoms with Crippen LogP contribution in [0.15, 0.2) is 60.7 Å². The highest BCUT2D eigenvalue weighted by molar-refractivity contribution is 5.97. The fourth-order valence-electron chi connectivity index (χ4n) is 4.26. The second kappa shape index (κ2) is 11.9. The summed E-state index contributed by atoms with van der Waals surface area (Å²) in [6.07, 6.45) is 2.96. The number of hydrogen-bond donors (Lipinski definition) is 2. The third-order valence-corrected chi connectivity index (χ3v) is 6.07. The zero-order chi connectivity index (χ0) is 25.3. The molecule has 3 aromatic rings. The molecule has 1 amide bonds. The molecular weight excluding hydrogens is 452 g/mol. The summed E-state index contributed by atoms with van der Waals surface area (Å²) in [6, 6.07) is 20.4. The molecule has 2 heterocycles. The number of aryl methyl sites for hydroxylation is 1. The van der Waals surface area contributed by atoms with Crippen molar-refractivity contribution < 1.29 is 9.59 Å². The molecule has 1 unspecified atom stereocenters. The molecule has 1 aliphatic rings. The van der Waals surface area contributed by atoms with Crippen molar-refractivity contribution in [3.63, 3.8) is 0 Å². The maximum Gasteiger partial charge on any atom is 0.229 e. The predicted molar refractivity (Wildman–Crippen MR) is 139 cm³/mol. The van der Waals surface area contributed by atoms with E-state index in [1.54, 1.807) is 24.3 Å². The fraction of sp³-hybridized carbons (Fsp3) is 0.321. The van der Waals surface area contributed by atoms with Gasteiger partial charge in [-0.2, -0.15) is 10.2 Å². The van der Waals surface area contributed by atoms with Crippen LogP contribution in [0.4, 0.5) is 17.5 Å². The molecule has 184 valence electrons. The molecule has 0 bridgehead atoms. The second-order valence-electron chi connectivity index (χ2n) is 8.90. The van der Waals surface area contributed by atoms with Crippen molar-refractivity contribution in [3.05, 3.63) is 77.5 Å². The molecule has 2 N–H and O–H groups in total. The first-order valence-electron chi connectivity index (χ1n) is 12.3. The minimum atomic E-state index is -0.111. The Labute approximate surface area is 211 Å². The standard InChI is InChI=1S/C28H30N6O2/c1-2-7-22-17-26(33-28(31-22)32-23-11-6-8-20(16-23)18-29)34-15-14-24(19-34)30-27(36)13-12-25(35)21-9-4-3-5-10-21/h3-6,8-11,16-17,24H,2,7,12-15,19H2,1H3,(H,30,36)(H,31,32,33). The number of nitrogens with zero attached hydrogens (tertiary/aromatic N) is 4. The van der Waals surface area contributed by atoms with Crippen molar-refractivity contribution in [2.24, 2.45) is 0 Å². The first-order valence-corrected chi connectivity index (χ1v) is 12.3. The number of nitriles is 1. The molecule has 8 heteroatoms. The van der Waals surface area contributed by atoms with Gasteiger partial charge in [-0.05, 0) is 31.0 Å². The maximum atomic E-state index is 12.5. The number of hydrogen-bond acceptors (Lipinski definition) is 7. The Morgan fingerprint density at radius 1 is 1.08 bits per heavy atom. The lowest BCUT2D eigenvalue weighted by Gasteiger charge is -2.20. The highest BCUT2D eigenvalue weighted by atomic mass is 16.2. The Morgan fingerprint density at radius 2 is 1.92 bits per heavy atom. The van der Waals surface area contributed by atoms with Gasteiger partial charge < -0.3 is 15.5 Å². The maximum absolute atomic E-state index is 12.5. The smallest absolute Gasteiger partial charge is 0.229 e. The number of nitrogens with one attached hydrogen (secondary N) is 2. The summed E-state index contributed by atoms with van der Waals surface area (Å²) in [4.78, 5) is 36.3. The molecule has 0 saturated carbocycles. The van der Waals surface area contributed by atoms with Crippen LogP contribution in [0, 0.1) is 11.3 Å². The van der Waals surface area contributed by atoms with E-state index in [1.165, 1.54) is 0 Å². The lowest BCUT2D eigenvalue weighted by Crippen LogP contribution is -2.37. The molecule has 8 nitrogen and oxygen atoms in total. The minimum absolute atomic E-state index is 0.00219. The molecule has 4 rings (SSSR count). The number of anilines is 3. The van der Waals surface area contributed by atoms with E-state index >= 15 is 0 Å². The van der Waals surface area contributed by atoms with Gasteiger partial charge in [0.25, 0.3) is 0 Å². The summed E-state index contributed by atoms with van der Waals surface area (Å²) >= 11 is 0. The molecule has 1 atom stereocenters. The normalized spacial score (nSPS) is 14.8. The summed E-state index contributed by atoms with van der Waals surface area (Å²) in [7, 11) is 0. The fourth-order valence-corrected chi connectivity index (χ4v) is 4.26. The molecule has 1 saturated heterocycles. The number of Topliss-reactive ketones (excluding diaryl/α,β-unsaturated/α-hetero) is 1. The highest BCUT2D eigenvalue weighted by Crippen LogP contribution is 2.23. The topological polar surface area (TPSA) is 111 Å². The quantitative estimate of drug-likeness (QED) is 0.412. The van der Waals surface area contributed by atoms with Crippen molar-refractivity contribution in [3.8, 4) is 6.07 Å². The van der Waals surface area contributed by atoms with Gasteiger partial charge in [0.2, 0.25) is 11.9 Å². The Hall–Kier alpha value is -4.25. The van der Waals surface area contributed by atoms with Gasteiger partial charge in [0.05, 0.1) is 11.6 Å². The minimum Gasteiger partial charge on any atom is -0.354 e. The van der Waals surface area contributed by atoms with E-state index in [0.29, 0.717) is 23.6 Å². The van der Waals surface area contributed by atoms with Gasteiger partial charge in [0, 0.05) is 55.0 Å². The molecule has 36 heavy (non-hydrogen) atoms. The molecule has 1 fully saturated rings. The van der Waals surface area contributed by atoms with E-state index < -0.39 is 0 Å². The van der Waals surface area contributed by atoms with Gasteiger partial charge in [0.15, 0.2) is 5.78 Å². The van der Waals surface area contributed by atoms with E-state index in [-0.39, 0.29) is 30.6 Å². The Kier molecular flexibility index (Phi) is 8.24. The van der Waals surface area contributed by atoms with Gasteiger partial charge >= 0.3 is 0 Å². The van der Waals surface area contributed by atoms with E-state index in [2.05, 4.69) is 33.5 Å². The lowest BCUT2D eigenvalue weighted by atomic mass is 10.1. The van der Waals surface area contributed by atoms with Gasteiger partial charge in [-0.3, -0.25) is 9.59 Å². The molecule has 0 aliphatic carbocycles. The van der Waals surface area contributed by atoms with Crippen LogP contribution < -0.4 is 15.5 Å². The first kappa shape index (κ1) is 24.9. The van der Waals surface area contributed by atoms with Gasteiger partial charge in [-0.1, -0.05) is 49.7 Å². The summed E-state index contributed by atoms with van der Waals surface area (Å²) in [5.41, 5.74) is 2.89. The molecular formula is C28H30N6O2. The molecule has 0 spiro atoms. The Balaban J connectivity index is 1.37. The van der Waals surface area contributed by atoms with Crippen LogP contribution in [0.2, 0.25) is 0 Å². The Bertz CT molecular complexity index is 1250. The van der Waals surface area contributed by atoms with Crippen molar-refractivity contribution in [2.45, 2.75) is 45.1 Å². The van der Waals surface area contributed by atoms with E-state index in [4.69, 9.17) is 10.2 Å². The summed E-state index contributed by atoms with van der Waals surface area (Å²) < 4.78 is 0. The van der Waals surface area contributed by atoms with Crippen LogP contribution in [0.3, 0.4) is 0 Å². The van der Waals surface area contributed by atoms with Gasteiger partial charge in [0.1, 0.15) is 5.82 Å².